The van der Waals surface area contributed by atoms with Gasteiger partial charge in [-0.15, -0.1) is 0 Å². The third-order valence-electron chi connectivity index (χ3n) is 12.8. The second-order valence-electron chi connectivity index (χ2n) is 16.1. The molecule has 4 aromatic rings. The van der Waals surface area contributed by atoms with E-state index in [1.165, 1.54) is 5.56 Å². The highest BCUT2D eigenvalue weighted by Gasteiger charge is 2.56. The van der Waals surface area contributed by atoms with Crippen molar-refractivity contribution in [3.8, 4) is 34.5 Å². The molecule has 1 aliphatic heterocycles. The molecule has 1 heterocycles. The van der Waals surface area contributed by atoms with Crippen LogP contribution in [0, 0.1) is 29.6 Å². The van der Waals surface area contributed by atoms with Gasteiger partial charge in [0.05, 0.1) is 12.6 Å². The first-order chi connectivity index (χ1) is 27.2. The van der Waals surface area contributed by atoms with Crippen LogP contribution in [0.2, 0.25) is 0 Å². The molecule has 10 nitrogen and oxygen atoms in total. The number of nitrogens with zero attached hydrogens (tertiary/aromatic N) is 1. The molecule has 0 unspecified atom stereocenters. The minimum absolute atomic E-state index is 0.00768. The molecule has 292 valence electrons. The van der Waals surface area contributed by atoms with Gasteiger partial charge in [-0.2, -0.15) is 0 Å². The van der Waals surface area contributed by atoms with E-state index < -0.39 is 12.0 Å². The molecule has 2 saturated carbocycles. The number of nitrogens with two attached hydrogens (primary N) is 1. The highest BCUT2D eigenvalue weighted by molar-refractivity contribution is 5.83. The average Bonchev–Trinajstić information content (AvgIpc) is 3.59. The molecule has 2 bridgehead atoms. The molecule has 56 heavy (non-hydrogen) atoms. The second kappa shape index (κ2) is 16.0. The van der Waals surface area contributed by atoms with Crippen molar-refractivity contribution in [1.29, 1.82) is 0 Å². The number of carbonyl (C=O) groups is 1. The van der Waals surface area contributed by atoms with Gasteiger partial charge in [-0.1, -0.05) is 54.6 Å². The highest BCUT2D eigenvalue weighted by Crippen LogP contribution is 2.64. The number of hydrogen-bond donors (Lipinski definition) is 6. The summed E-state index contributed by atoms with van der Waals surface area (Å²) in [6.45, 7) is 0.623. The van der Waals surface area contributed by atoms with Gasteiger partial charge in [-0.05, 0) is 132 Å². The molecule has 0 spiro atoms. The summed E-state index contributed by atoms with van der Waals surface area (Å²) in [5.74, 6) is -0.990. The van der Waals surface area contributed by atoms with Crippen molar-refractivity contribution in [3.63, 3.8) is 0 Å². The van der Waals surface area contributed by atoms with Crippen LogP contribution in [0.4, 0.5) is 0 Å². The van der Waals surface area contributed by atoms with Gasteiger partial charge in [0.1, 0.15) is 24.9 Å². The number of ketones is 1. The molecular weight excluding hydrogens is 709 g/mol. The van der Waals surface area contributed by atoms with E-state index >= 15 is 0 Å². The SMILES string of the molecule is NCOc1cc(CCC(=O)[C@@H]2C[C@H](CC3=CCN=C3)[C@@H]3C[C@@H]4C[C@H](Cc5ccccc5)[C@H](c5cc(O)c(O)c(OCc6cccc(O)c6)c54)[C@@H]3[C@H]2O)ccc1O. The highest BCUT2D eigenvalue weighted by atomic mass is 16.5. The zero-order chi connectivity index (χ0) is 38.9. The van der Waals surface area contributed by atoms with Gasteiger partial charge in [0.25, 0.3) is 0 Å². The van der Waals surface area contributed by atoms with Gasteiger partial charge in [0.15, 0.2) is 23.0 Å². The first kappa shape index (κ1) is 37.6. The van der Waals surface area contributed by atoms with E-state index in [1.54, 1.807) is 42.5 Å². The van der Waals surface area contributed by atoms with E-state index in [0.29, 0.717) is 19.4 Å². The Hall–Kier alpha value is -5.32. The van der Waals surface area contributed by atoms with Crippen molar-refractivity contribution in [2.75, 3.05) is 13.3 Å². The van der Waals surface area contributed by atoms with E-state index in [4.69, 9.17) is 15.2 Å². The van der Waals surface area contributed by atoms with Crippen molar-refractivity contribution in [1.82, 2.24) is 0 Å². The Kier molecular flexibility index (Phi) is 10.8. The van der Waals surface area contributed by atoms with Crippen LogP contribution >= 0.6 is 0 Å². The van der Waals surface area contributed by atoms with Crippen molar-refractivity contribution >= 4 is 12.0 Å². The fourth-order valence-electron chi connectivity index (χ4n) is 10.5. The maximum atomic E-state index is 14.4. The monoisotopic (exact) mass is 758 g/mol. The number of ether oxygens (including phenoxy) is 2. The lowest BCUT2D eigenvalue weighted by Gasteiger charge is -2.48. The Morgan fingerprint density at radius 2 is 1.64 bits per heavy atom. The maximum absolute atomic E-state index is 14.4. The number of aromatic hydroxyl groups is 4. The number of phenolic OH excluding ortho intramolecular Hbond substituents is 4. The number of fused-ring (bicyclic) bond motifs is 1. The summed E-state index contributed by atoms with van der Waals surface area (Å²) < 4.78 is 11.8. The number of aliphatic imine (C=N–C) groups is 1. The van der Waals surface area contributed by atoms with Crippen molar-refractivity contribution in [3.05, 3.63) is 118 Å². The minimum atomic E-state index is -0.938. The summed E-state index contributed by atoms with van der Waals surface area (Å²) in [5.41, 5.74) is 11.2. The summed E-state index contributed by atoms with van der Waals surface area (Å²) in [5, 5.41) is 55.8. The van der Waals surface area contributed by atoms with Crippen LogP contribution in [0.5, 0.6) is 34.5 Å². The fourth-order valence-corrected chi connectivity index (χ4v) is 10.5. The summed E-state index contributed by atoms with van der Waals surface area (Å²) in [7, 11) is 0. The summed E-state index contributed by atoms with van der Waals surface area (Å²) >= 11 is 0. The second-order valence-corrected chi connectivity index (χ2v) is 16.1. The van der Waals surface area contributed by atoms with Crippen LogP contribution in [0.3, 0.4) is 0 Å². The lowest BCUT2D eigenvalue weighted by Crippen LogP contribution is -2.49. The maximum Gasteiger partial charge on any atom is 0.200 e. The molecule has 2 fully saturated rings. The first-order valence-electron chi connectivity index (χ1n) is 19.8. The van der Waals surface area contributed by atoms with Crippen LogP contribution in [0.25, 0.3) is 0 Å². The molecule has 10 heteroatoms. The van der Waals surface area contributed by atoms with Gasteiger partial charge >= 0.3 is 0 Å². The third-order valence-corrected chi connectivity index (χ3v) is 12.8. The Morgan fingerprint density at radius 3 is 2.41 bits per heavy atom. The van der Waals surface area contributed by atoms with Crippen LogP contribution in [0.1, 0.15) is 71.8 Å². The third kappa shape index (κ3) is 7.47. The number of Topliss-reactive ketones (excluding diaryl/α,β-unsaturated/α-hetero) is 1. The number of benzene rings is 4. The lowest BCUT2D eigenvalue weighted by atomic mass is 9.57. The fraction of sp³-hybridized carbons (Fsp3) is 0.391. The zero-order valence-corrected chi connectivity index (χ0v) is 31.3. The van der Waals surface area contributed by atoms with Crippen molar-refractivity contribution < 1.29 is 39.8 Å². The molecular formula is C46H50N2O8. The van der Waals surface area contributed by atoms with Crippen LogP contribution in [-0.2, 0) is 24.2 Å². The molecule has 9 rings (SSSR count). The zero-order valence-electron chi connectivity index (χ0n) is 31.3. The largest absolute Gasteiger partial charge is 0.508 e. The molecule has 0 aromatic heterocycles. The van der Waals surface area contributed by atoms with E-state index in [9.17, 15) is 30.3 Å². The Morgan fingerprint density at radius 1 is 0.821 bits per heavy atom. The van der Waals surface area contributed by atoms with Gasteiger partial charge in [-0.25, -0.2) is 0 Å². The molecule has 8 atom stereocenters. The summed E-state index contributed by atoms with van der Waals surface area (Å²) in [6.07, 6.45) is 7.34. The number of aliphatic hydroxyl groups is 1. The number of phenols is 4. The number of allylic oxidation sites excluding steroid dienone is 1. The minimum Gasteiger partial charge on any atom is -0.508 e. The van der Waals surface area contributed by atoms with E-state index in [2.05, 4.69) is 23.2 Å². The van der Waals surface area contributed by atoms with Crippen molar-refractivity contribution in [2.24, 2.45) is 40.3 Å². The first-order valence-corrected chi connectivity index (χ1v) is 19.8. The van der Waals surface area contributed by atoms with E-state index in [1.807, 2.05) is 30.5 Å². The topological polar surface area (TPSA) is 175 Å². The molecule has 5 aliphatic rings. The van der Waals surface area contributed by atoms with E-state index in [-0.39, 0.29) is 95.5 Å². The lowest BCUT2D eigenvalue weighted by molar-refractivity contribution is -0.135. The van der Waals surface area contributed by atoms with E-state index in [0.717, 1.165) is 53.5 Å². The standard InChI is InChI=1S/C46H50N2O8/c47-25-56-40-18-27(10-12-38(40)51)9-11-37(50)35-20-30(16-28-13-14-48-23-28)34-21-32-19-31(15-26-5-2-1-3-6-26)41(43(34)44(35)53)36-22-39(52)45(54)46(42(32)36)55-24-29-7-4-8-33(49)17-29/h1-8,10,12-13,17-18,22-23,30-32,34-35,41,43-44,49,51-54H,9,11,14-16,19-21,24-25,47H2/t30-,31-,32-,34-,35-,41+,43+,44-/m0/s1. The molecule has 4 aliphatic carbocycles. The number of aryl methyl sites for hydroxylation is 1. The normalized spacial score (nSPS) is 26.2. The average molecular weight is 759 g/mol. The van der Waals surface area contributed by atoms with Crippen LogP contribution < -0.4 is 15.2 Å². The van der Waals surface area contributed by atoms with Gasteiger partial charge in [0, 0.05) is 24.1 Å². The number of rotatable bonds is 13. The van der Waals surface area contributed by atoms with Crippen molar-refractivity contribution in [2.45, 2.75) is 69.5 Å². The number of hydrogen-bond acceptors (Lipinski definition) is 10. The van der Waals surface area contributed by atoms with Gasteiger partial charge in [-0.3, -0.25) is 15.5 Å². The quantitative estimate of drug-likeness (QED) is 0.0617. The molecule has 0 radical (unpaired) electrons. The predicted molar refractivity (Wildman–Crippen MR) is 212 cm³/mol. The Labute approximate surface area is 327 Å². The van der Waals surface area contributed by atoms with Gasteiger partial charge in [0.2, 0.25) is 5.75 Å². The van der Waals surface area contributed by atoms with Crippen LogP contribution in [-0.4, -0.2) is 56.9 Å². The summed E-state index contributed by atoms with van der Waals surface area (Å²) in [4.78, 5) is 18.9. The molecule has 0 saturated heterocycles. The summed E-state index contributed by atoms with van der Waals surface area (Å²) in [6, 6.07) is 23.8. The molecule has 7 N–H and O–H groups in total. The Bertz CT molecular complexity index is 2130. The molecule has 4 aromatic carbocycles. The number of aliphatic hydroxyl groups excluding tert-OH is 1. The molecule has 0 amide bonds. The Balaban J connectivity index is 1.18. The van der Waals surface area contributed by atoms with Gasteiger partial charge < -0.3 is 35.0 Å². The predicted octanol–water partition coefficient (Wildman–Crippen LogP) is 7.05. The van der Waals surface area contributed by atoms with Crippen LogP contribution in [0.15, 0.2) is 95.5 Å². The smallest absolute Gasteiger partial charge is 0.200 e. The number of carbonyl (C=O) groups excluding carboxylic acids is 1.